The van der Waals surface area contributed by atoms with Gasteiger partial charge in [0.25, 0.3) is 5.91 Å². The van der Waals surface area contributed by atoms with Crippen LogP contribution >= 0.6 is 0 Å². The molecule has 2 rings (SSSR count). The predicted molar refractivity (Wildman–Crippen MR) is 95.2 cm³/mol. The van der Waals surface area contributed by atoms with Gasteiger partial charge in [0, 0.05) is 18.8 Å². The van der Waals surface area contributed by atoms with Crippen LogP contribution in [0.1, 0.15) is 43.5 Å². The maximum atomic E-state index is 12.4. The molecule has 0 aliphatic carbocycles. The molecule has 1 saturated heterocycles. The van der Waals surface area contributed by atoms with Crippen LogP contribution in [0.15, 0.2) is 24.3 Å². The zero-order valence-electron chi connectivity index (χ0n) is 15.0. The van der Waals surface area contributed by atoms with E-state index in [-0.39, 0.29) is 17.9 Å². The van der Waals surface area contributed by atoms with Crippen LogP contribution in [0.4, 0.5) is 5.69 Å². The highest BCUT2D eigenvalue weighted by Gasteiger charge is 2.27. The fraction of sp³-hybridized carbons (Fsp3) is 0.474. The van der Waals surface area contributed by atoms with E-state index in [1.807, 2.05) is 0 Å². The summed E-state index contributed by atoms with van der Waals surface area (Å²) in [5.41, 5.74) is 0.767. The Labute approximate surface area is 152 Å². The van der Waals surface area contributed by atoms with Crippen LogP contribution in [0.3, 0.4) is 0 Å². The molecule has 1 heterocycles. The maximum absolute atomic E-state index is 12.4. The minimum Gasteiger partial charge on any atom is -0.449 e. The number of piperidine rings is 1. The van der Waals surface area contributed by atoms with E-state index in [0.717, 1.165) is 12.8 Å². The predicted octanol–water partition coefficient (Wildman–Crippen LogP) is 2.34. The zero-order chi connectivity index (χ0) is 19.1. The molecular weight excluding hydrogens is 334 g/mol. The second-order valence-corrected chi connectivity index (χ2v) is 6.52. The van der Waals surface area contributed by atoms with Gasteiger partial charge in [0.05, 0.1) is 11.6 Å². The number of esters is 1. The Bertz CT molecular complexity index is 700. The fourth-order valence-corrected chi connectivity index (χ4v) is 2.73. The second kappa shape index (κ2) is 8.99. The van der Waals surface area contributed by atoms with Gasteiger partial charge in [0.2, 0.25) is 5.91 Å². The third-order valence-electron chi connectivity index (χ3n) is 4.37. The first-order valence-corrected chi connectivity index (χ1v) is 8.67. The molecule has 138 valence electrons. The molecule has 1 aliphatic heterocycles. The number of amides is 2. The summed E-state index contributed by atoms with van der Waals surface area (Å²) in [5.74, 6) is -0.571. The quantitative estimate of drug-likeness (QED) is 0.816. The number of anilines is 1. The van der Waals surface area contributed by atoms with Crippen molar-refractivity contribution in [3.8, 4) is 6.07 Å². The SMILES string of the molecule is CC1CCN(C(=O)[C@@H](C)OC(=O)c2ccc(NC(=O)CC#N)cc2)CC1. The molecule has 7 heteroatoms. The van der Waals surface area contributed by atoms with Gasteiger partial charge in [-0.3, -0.25) is 9.59 Å². The number of ether oxygens (including phenoxy) is 1. The third-order valence-corrected chi connectivity index (χ3v) is 4.37. The molecule has 1 N–H and O–H groups in total. The Morgan fingerprint density at radius 2 is 1.88 bits per heavy atom. The summed E-state index contributed by atoms with van der Waals surface area (Å²) in [6, 6.07) is 7.86. The number of likely N-dealkylation sites (tertiary alicyclic amines) is 1. The second-order valence-electron chi connectivity index (χ2n) is 6.52. The van der Waals surface area contributed by atoms with E-state index in [4.69, 9.17) is 10.00 Å². The molecule has 0 radical (unpaired) electrons. The molecule has 1 aromatic rings. The highest BCUT2D eigenvalue weighted by molar-refractivity contribution is 5.94. The molecule has 7 nitrogen and oxygen atoms in total. The summed E-state index contributed by atoms with van der Waals surface area (Å²) in [7, 11) is 0. The lowest BCUT2D eigenvalue weighted by molar-refractivity contribution is -0.141. The summed E-state index contributed by atoms with van der Waals surface area (Å²) in [4.78, 5) is 37.7. The summed E-state index contributed by atoms with van der Waals surface area (Å²) >= 11 is 0. The summed E-state index contributed by atoms with van der Waals surface area (Å²) in [5, 5.41) is 11.0. The molecule has 2 amide bonds. The molecule has 1 fully saturated rings. The van der Waals surface area contributed by atoms with Crippen molar-refractivity contribution in [2.45, 2.75) is 39.2 Å². The summed E-state index contributed by atoms with van der Waals surface area (Å²) in [6.45, 7) is 5.13. The molecule has 1 atom stereocenters. The number of hydrogen-bond donors (Lipinski definition) is 1. The van der Waals surface area contributed by atoms with Crippen molar-refractivity contribution in [2.24, 2.45) is 5.92 Å². The van der Waals surface area contributed by atoms with Crippen molar-refractivity contribution in [1.82, 2.24) is 4.90 Å². The monoisotopic (exact) mass is 357 g/mol. The molecule has 0 aromatic heterocycles. The van der Waals surface area contributed by atoms with E-state index in [1.165, 1.54) is 12.1 Å². The highest BCUT2D eigenvalue weighted by Crippen LogP contribution is 2.18. The smallest absolute Gasteiger partial charge is 0.338 e. The lowest BCUT2D eigenvalue weighted by atomic mass is 9.99. The van der Waals surface area contributed by atoms with Crippen LogP contribution in [0.2, 0.25) is 0 Å². The first-order chi connectivity index (χ1) is 12.4. The van der Waals surface area contributed by atoms with Crippen molar-refractivity contribution in [1.29, 1.82) is 5.26 Å². The van der Waals surface area contributed by atoms with Gasteiger partial charge in [-0.05, 0) is 49.9 Å². The number of carbonyl (C=O) groups is 3. The molecule has 1 aliphatic rings. The van der Waals surface area contributed by atoms with Crippen LogP contribution in [-0.2, 0) is 14.3 Å². The van der Waals surface area contributed by atoms with Crippen molar-refractivity contribution in [3.05, 3.63) is 29.8 Å². The van der Waals surface area contributed by atoms with Crippen LogP contribution in [-0.4, -0.2) is 41.9 Å². The van der Waals surface area contributed by atoms with E-state index >= 15 is 0 Å². The van der Waals surface area contributed by atoms with E-state index in [1.54, 1.807) is 30.0 Å². The van der Waals surface area contributed by atoms with E-state index in [0.29, 0.717) is 24.7 Å². The highest BCUT2D eigenvalue weighted by atomic mass is 16.5. The molecule has 0 bridgehead atoms. The van der Waals surface area contributed by atoms with Gasteiger partial charge >= 0.3 is 5.97 Å². The van der Waals surface area contributed by atoms with Crippen LogP contribution in [0.5, 0.6) is 0 Å². The standard InChI is InChI=1S/C19H23N3O4/c1-13-8-11-22(12-9-13)18(24)14(2)26-19(25)15-3-5-16(6-4-15)21-17(23)7-10-20/h3-6,13-14H,7-9,11-12H2,1-2H3,(H,21,23)/t14-/m1/s1. The molecule has 0 spiro atoms. The Morgan fingerprint density at radius 1 is 1.27 bits per heavy atom. The fourth-order valence-electron chi connectivity index (χ4n) is 2.73. The van der Waals surface area contributed by atoms with Crippen molar-refractivity contribution in [3.63, 3.8) is 0 Å². The van der Waals surface area contributed by atoms with Crippen molar-refractivity contribution < 1.29 is 19.1 Å². The van der Waals surface area contributed by atoms with E-state index in [2.05, 4.69) is 12.2 Å². The van der Waals surface area contributed by atoms with E-state index < -0.39 is 18.0 Å². The van der Waals surface area contributed by atoms with Gasteiger partial charge in [-0.15, -0.1) is 0 Å². The number of hydrogen-bond acceptors (Lipinski definition) is 5. The first kappa shape index (κ1) is 19.4. The lowest BCUT2D eigenvalue weighted by Crippen LogP contribution is -2.44. The Morgan fingerprint density at radius 3 is 2.46 bits per heavy atom. The lowest BCUT2D eigenvalue weighted by Gasteiger charge is -2.31. The zero-order valence-corrected chi connectivity index (χ0v) is 15.0. The minimum absolute atomic E-state index is 0.175. The number of nitrogens with zero attached hydrogens (tertiary/aromatic N) is 2. The van der Waals surface area contributed by atoms with Crippen molar-refractivity contribution in [2.75, 3.05) is 18.4 Å². The topological polar surface area (TPSA) is 99.5 Å². The van der Waals surface area contributed by atoms with Gasteiger partial charge in [-0.1, -0.05) is 6.92 Å². The van der Waals surface area contributed by atoms with Gasteiger partial charge in [-0.2, -0.15) is 5.26 Å². The number of nitrogens with one attached hydrogen (secondary N) is 1. The van der Waals surface area contributed by atoms with Gasteiger partial charge in [0.15, 0.2) is 6.10 Å². The normalized spacial score (nSPS) is 15.7. The average Bonchev–Trinajstić information content (AvgIpc) is 2.62. The largest absolute Gasteiger partial charge is 0.449 e. The molecule has 26 heavy (non-hydrogen) atoms. The summed E-state index contributed by atoms with van der Waals surface area (Å²) < 4.78 is 5.28. The number of rotatable bonds is 5. The van der Waals surface area contributed by atoms with Crippen LogP contribution < -0.4 is 5.32 Å². The Kier molecular flexibility index (Phi) is 6.73. The number of carbonyl (C=O) groups excluding carboxylic acids is 3. The number of benzene rings is 1. The molecule has 1 aromatic carbocycles. The van der Waals surface area contributed by atoms with Gasteiger partial charge in [-0.25, -0.2) is 4.79 Å². The molecule has 0 unspecified atom stereocenters. The van der Waals surface area contributed by atoms with Gasteiger partial charge < -0.3 is 15.0 Å². The van der Waals surface area contributed by atoms with Crippen molar-refractivity contribution >= 4 is 23.5 Å². The first-order valence-electron chi connectivity index (χ1n) is 8.67. The van der Waals surface area contributed by atoms with Gasteiger partial charge in [0.1, 0.15) is 6.42 Å². The molecule has 0 saturated carbocycles. The Hall–Kier alpha value is -2.88. The van der Waals surface area contributed by atoms with Crippen LogP contribution in [0, 0.1) is 17.2 Å². The maximum Gasteiger partial charge on any atom is 0.338 e. The third kappa shape index (κ3) is 5.31. The van der Waals surface area contributed by atoms with Crippen LogP contribution in [0.25, 0.3) is 0 Å². The Balaban J connectivity index is 1.89. The number of nitriles is 1. The average molecular weight is 357 g/mol. The summed E-state index contributed by atoms with van der Waals surface area (Å²) in [6.07, 6.45) is 0.848. The van der Waals surface area contributed by atoms with E-state index in [9.17, 15) is 14.4 Å². The molecular formula is C19H23N3O4. The minimum atomic E-state index is -0.842.